The molecule has 0 aromatic heterocycles. The maximum absolute atomic E-state index is 13.9. The number of benzene rings is 2. The van der Waals surface area contributed by atoms with Crippen LogP contribution in [-0.2, 0) is 22.2 Å². The second-order valence-electron chi connectivity index (χ2n) is 6.75. The van der Waals surface area contributed by atoms with Crippen molar-refractivity contribution < 1.29 is 32.3 Å². The molecule has 0 radical (unpaired) electrons. The maximum Gasteiger partial charge on any atom is 0.416 e. The third kappa shape index (κ3) is 4.13. The minimum Gasteiger partial charge on any atom is -0.373 e. The summed E-state index contributed by atoms with van der Waals surface area (Å²) < 4.78 is 52.0. The molecule has 1 aliphatic rings. The van der Waals surface area contributed by atoms with Crippen molar-refractivity contribution in [1.82, 2.24) is 0 Å². The first kappa shape index (κ1) is 21.3. The Kier molecular flexibility index (Phi) is 5.69. The molecule has 0 aliphatic carbocycles. The van der Waals surface area contributed by atoms with Crippen molar-refractivity contribution in [3.63, 3.8) is 0 Å². The van der Waals surface area contributed by atoms with Crippen LogP contribution in [0.5, 0.6) is 0 Å². The Labute approximate surface area is 168 Å². The zero-order chi connectivity index (χ0) is 21.4. The minimum absolute atomic E-state index is 0.0298. The van der Waals surface area contributed by atoms with Crippen molar-refractivity contribution in [3.05, 3.63) is 64.4 Å². The first-order valence-corrected chi connectivity index (χ1v) is 9.09. The Morgan fingerprint density at radius 2 is 1.83 bits per heavy atom. The fourth-order valence-electron chi connectivity index (χ4n) is 3.24. The molecular formula is C20H16ClF4NO3. The van der Waals surface area contributed by atoms with E-state index in [1.807, 2.05) is 0 Å². The quantitative estimate of drug-likeness (QED) is 0.573. The van der Waals surface area contributed by atoms with Crippen LogP contribution in [0.4, 0.5) is 23.2 Å². The first-order chi connectivity index (χ1) is 13.5. The summed E-state index contributed by atoms with van der Waals surface area (Å²) in [7, 11) is 0. The highest BCUT2D eigenvalue weighted by Gasteiger charge is 2.50. The summed E-state index contributed by atoms with van der Waals surface area (Å²) in [5.41, 5.74) is -2.84. The third-order valence-electron chi connectivity index (χ3n) is 4.92. The number of hydrogen-bond acceptors (Lipinski definition) is 3. The van der Waals surface area contributed by atoms with Gasteiger partial charge in [0.25, 0.3) is 5.91 Å². The Bertz CT molecular complexity index is 946. The van der Waals surface area contributed by atoms with Gasteiger partial charge in [0.2, 0.25) is 5.60 Å². The van der Waals surface area contributed by atoms with Gasteiger partial charge in [0.15, 0.2) is 5.78 Å². The van der Waals surface area contributed by atoms with Gasteiger partial charge in [-0.1, -0.05) is 23.7 Å². The molecule has 1 N–H and O–H groups in total. The fraction of sp³-hybridized carbons (Fsp3) is 0.300. The Balaban J connectivity index is 1.71. The molecule has 29 heavy (non-hydrogen) atoms. The van der Waals surface area contributed by atoms with Crippen molar-refractivity contribution >= 4 is 29.0 Å². The van der Waals surface area contributed by atoms with Crippen molar-refractivity contribution in [2.24, 2.45) is 0 Å². The average Bonchev–Trinajstić information content (AvgIpc) is 2.98. The Hall–Kier alpha value is -2.45. The average molecular weight is 430 g/mol. The van der Waals surface area contributed by atoms with E-state index in [-0.39, 0.29) is 42.1 Å². The summed E-state index contributed by atoms with van der Waals surface area (Å²) in [6, 6.07) is 8.19. The monoisotopic (exact) mass is 429 g/mol. The number of ketones is 1. The Morgan fingerprint density at radius 3 is 2.45 bits per heavy atom. The van der Waals surface area contributed by atoms with Gasteiger partial charge in [-0.2, -0.15) is 13.2 Å². The molecule has 9 heteroatoms. The predicted octanol–water partition coefficient (Wildman–Crippen LogP) is 4.17. The van der Waals surface area contributed by atoms with Crippen LogP contribution >= 0.6 is 11.6 Å². The molecule has 2 aromatic rings. The van der Waals surface area contributed by atoms with Gasteiger partial charge in [-0.05, 0) is 42.3 Å². The van der Waals surface area contributed by atoms with E-state index in [1.165, 1.54) is 18.2 Å². The number of rotatable bonds is 5. The largest absolute Gasteiger partial charge is 0.416 e. The highest BCUT2D eigenvalue weighted by molar-refractivity contribution is 6.30. The lowest BCUT2D eigenvalue weighted by atomic mass is 9.92. The van der Waals surface area contributed by atoms with Gasteiger partial charge in [-0.25, -0.2) is 4.39 Å². The highest BCUT2D eigenvalue weighted by atomic mass is 35.5. The highest BCUT2D eigenvalue weighted by Crippen LogP contribution is 2.34. The normalized spacial score (nSPS) is 19.7. The van der Waals surface area contributed by atoms with Gasteiger partial charge in [0.05, 0.1) is 10.6 Å². The molecule has 0 spiro atoms. The topological polar surface area (TPSA) is 57.6 Å². The number of anilines is 1. The predicted molar refractivity (Wildman–Crippen MR) is 98.1 cm³/mol. The van der Waals surface area contributed by atoms with Gasteiger partial charge in [-0.3, -0.25) is 9.59 Å². The van der Waals surface area contributed by atoms with E-state index < -0.39 is 34.8 Å². The molecule has 1 atom stereocenters. The van der Waals surface area contributed by atoms with E-state index in [0.717, 1.165) is 29.2 Å². The molecule has 1 saturated heterocycles. The van der Waals surface area contributed by atoms with Gasteiger partial charge >= 0.3 is 6.18 Å². The summed E-state index contributed by atoms with van der Waals surface area (Å²) in [5, 5.41) is 10.5. The van der Waals surface area contributed by atoms with E-state index in [2.05, 4.69) is 0 Å². The molecule has 3 rings (SSSR count). The molecule has 1 fully saturated rings. The minimum atomic E-state index is -4.51. The number of carbonyl (C=O) groups excluding carboxylic acids is 2. The summed E-state index contributed by atoms with van der Waals surface area (Å²) >= 11 is 5.69. The van der Waals surface area contributed by atoms with E-state index in [9.17, 15) is 32.3 Å². The lowest BCUT2D eigenvalue weighted by Gasteiger charge is -2.21. The molecule has 2 aromatic carbocycles. The second-order valence-corrected chi connectivity index (χ2v) is 7.16. The molecule has 4 nitrogen and oxygen atoms in total. The van der Waals surface area contributed by atoms with E-state index in [4.69, 9.17) is 11.6 Å². The van der Waals surface area contributed by atoms with Crippen LogP contribution in [0.2, 0.25) is 5.02 Å². The van der Waals surface area contributed by atoms with Crippen molar-refractivity contribution in [3.8, 4) is 0 Å². The van der Waals surface area contributed by atoms with Crippen LogP contribution in [0, 0.1) is 5.82 Å². The van der Waals surface area contributed by atoms with E-state index in [0.29, 0.717) is 0 Å². The Morgan fingerprint density at radius 1 is 1.17 bits per heavy atom. The number of alkyl halides is 3. The standard InChI is InChI=1S/C20H16ClF4NO3/c21-15-3-1-2-12(17(15)22)4-9-16(27)19(29)10-11-26(18(19)28)14-7-5-13(6-8-14)20(23,24)25/h1-3,5-8,29H,4,9-11H2/t19-/m0/s1. The van der Waals surface area contributed by atoms with Crippen LogP contribution in [0.25, 0.3) is 0 Å². The number of amides is 1. The van der Waals surface area contributed by atoms with Crippen molar-refractivity contribution in [2.75, 3.05) is 11.4 Å². The smallest absolute Gasteiger partial charge is 0.373 e. The summed E-state index contributed by atoms with van der Waals surface area (Å²) in [6.45, 7) is -0.0298. The maximum atomic E-state index is 13.9. The van der Waals surface area contributed by atoms with Gasteiger partial charge < -0.3 is 10.0 Å². The molecule has 1 heterocycles. The zero-order valence-electron chi connectivity index (χ0n) is 15.0. The summed E-state index contributed by atoms with van der Waals surface area (Å²) in [5.74, 6) is -2.36. The first-order valence-electron chi connectivity index (χ1n) is 8.72. The SMILES string of the molecule is O=C(CCc1cccc(Cl)c1F)[C@@]1(O)CCN(c2ccc(C(F)(F)F)cc2)C1=O. The molecule has 0 unspecified atom stereocenters. The zero-order valence-corrected chi connectivity index (χ0v) is 15.7. The van der Waals surface area contributed by atoms with Crippen LogP contribution in [0.15, 0.2) is 42.5 Å². The van der Waals surface area contributed by atoms with E-state index in [1.54, 1.807) is 0 Å². The number of Topliss-reactive ketones (excluding diaryl/α,β-unsaturated/α-hetero) is 1. The molecule has 154 valence electrons. The van der Waals surface area contributed by atoms with E-state index >= 15 is 0 Å². The van der Waals surface area contributed by atoms with Gasteiger partial charge in [0, 0.05) is 25.1 Å². The van der Waals surface area contributed by atoms with Crippen molar-refractivity contribution in [1.29, 1.82) is 0 Å². The molecule has 0 bridgehead atoms. The number of nitrogens with zero attached hydrogens (tertiary/aromatic N) is 1. The van der Waals surface area contributed by atoms with Gasteiger partial charge in [-0.15, -0.1) is 0 Å². The number of halogens is 5. The third-order valence-corrected chi connectivity index (χ3v) is 5.21. The number of carbonyl (C=O) groups is 2. The molecule has 0 saturated carbocycles. The van der Waals surface area contributed by atoms with Crippen LogP contribution < -0.4 is 4.90 Å². The molecular weight excluding hydrogens is 414 g/mol. The van der Waals surface area contributed by atoms with Crippen LogP contribution in [0.3, 0.4) is 0 Å². The van der Waals surface area contributed by atoms with Gasteiger partial charge in [0.1, 0.15) is 5.82 Å². The summed E-state index contributed by atoms with van der Waals surface area (Å²) in [6.07, 6.45) is -5.06. The second kappa shape index (κ2) is 7.76. The molecule has 1 amide bonds. The number of hydrogen-bond donors (Lipinski definition) is 1. The molecule has 1 aliphatic heterocycles. The number of aryl methyl sites for hydroxylation is 1. The lowest BCUT2D eigenvalue weighted by Crippen LogP contribution is -2.47. The lowest BCUT2D eigenvalue weighted by molar-refractivity contribution is -0.147. The summed E-state index contributed by atoms with van der Waals surface area (Å²) in [4.78, 5) is 26.2. The number of aliphatic hydroxyl groups is 1. The van der Waals surface area contributed by atoms with Crippen LogP contribution in [0.1, 0.15) is 24.0 Å². The van der Waals surface area contributed by atoms with Crippen molar-refractivity contribution in [2.45, 2.75) is 31.0 Å². The fourth-order valence-corrected chi connectivity index (χ4v) is 3.43. The van der Waals surface area contributed by atoms with Crippen LogP contribution in [-0.4, -0.2) is 28.9 Å².